The van der Waals surface area contributed by atoms with Crippen molar-refractivity contribution in [2.75, 3.05) is 31.6 Å². The van der Waals surface area contributed by atoms with E-state index >= 15 is 0 Å². The Labute approximate surface area is 125 Å². The van der Waals surface area contributed by atoms with Gasteiger partial charge in [-0.3, -0.25) is 4.98 Å². The SMILES string of the molecule is CN1CCN(c2cnccc2C#N)C(c2ccccc2)C1. The minimum absolute atomic E-state index is 0.251. The molecule has 1 unspecified atom stereocenters. The van der Waals surface area contributed by atoms with E-state index in [9.17, 15) is 5.26 Å². The molecule has 0 amide bonds. The van der Waals surface area contributed by atoms with Gasteiger partial charge in [0.25, 0.3) is 0 Å². The topological polar surface area (TPSA) is 43.2 Å². The normalized spacial score (nSPS) is 19.2. The van der Waals surface area contributed by atoms with Crippen LogP contribution in [0.15, 0.2) is 48.8 Å². The Bertz CT molecular complexity index is 647. The van der Waals surface area contributed by atoms with Crippen molar-refractivity contribution in [2.24, 2.45) is 0 Å². The number of hydrogen-bond donors (Lipinski definition) is 0. The summed E-state index contributed by atoms with van der Waals surface area (Å²) in [5.74, 6) is 0. The number of piperazine rings is 1. The number of hydrogen-bond acceptors (Lipinski definition) is 4. The van der Waals surface area contributed by atoms with Crippen LogP contribution in [0, 0.1) is 11.3 Å². The van der Waals surface area contributed by atoms with E-state index in [4.69, 9.17) is 0 Å². The highest BCUT2D eigenvalue weighted by atomic mass is 15.3. The van der Waals surface area contributed by atoms with Crippen LogP contribution in [0.3, 0.4) is 0 Å². The van der Waals surface area contributed by atoms with E-state index in [1.54, 1.807) is 18.5 Å². The molecule has 21 heavy (non-hydrogen) atoms. The van der Waals surface area contributed by atoms with Gasteiger partial charge in [-0.2, -0.15) is 5.26 Å². The summed E-state index contributed by atoms with van der Waals surface area (Å²) in [5.41, 5.74) is 2.90. The fourth-order valence-corrected chi connectivity index (χ4v) is 2.88. The summed E-state index contributed by atoms with van der Waals surface area (Å²) in [6.45, 7) is 2.84. The van der Waals surface area contributed by atoms with Crippen molar-refractivity contribution < 1.29 is 0 Å². The van der Waals surface area contributed by atoms with Gasteiger partial charge in [-0.05, 0) is 18.7 Å². The summed E-state index contributed by atoms with van der Waals surface area (Å²) in [6, 6.07) is 14.8. The van der Waals surface area contributed by atoms with Gasteiger partial charge in [-0.1, -0.05) is 30.3 Å². The molecule has 0 N–H and O–H groups in total. The summed E-state index contributed by atoms with van der Waals surface area (Å²) in [6.07, 6.45) is 3.48. The first-order valence-electron chi connectivity index (χ1n) is 7.14. The third-order valence-corrected chi connectivity index (χ3v) is 4.00. The number of likely N-dealkylation sites (N-methyl/N-ethyl adjacent to an activating group) is 1. The fraction of sp³-hybridized carbons (Fsp3) is 0.294. The highest BCUT2D eigenvalue weighted by molar-refractivity contribution is 5.59. The molecule has 1 saturated heterocycles. The molecule has 106 valence electrons. The lowest BCUT2D eigenvalue weighted by atomic mass is 10.0. The van der Waals surface area contributed by atoms with E-state index in [0.29, 0.717) is 5.56 Å². The van der Waals surface area contributed by atoms with Gasteiger partial charge < -0.3 is 9.80 Å². The van der Waals surface area contributed by atoms with Gasteiger partial charge in [-0.15, -0.1) is 0 Å². The van der Waals surface area contributed by atoms with Crippen LogP contribution in [0.4, 0.5) is 5.69 Å². The molecule has 4 nitrogen and oxygen atoms in total. The molecule has 2 aromatic rings. The smallest absolute Gasteiger partial charge is 0.101 e. The van der Waals surface area contributed by atoms with Crippen molar-refractivity contribution in [1.29, 1.82) is 5.26 Å². The fourth-order valence-electron chi connectivity index (χ4n) is 2.88. The summed E-state index contributed by atoms with van der Waals surface area (Å²) in [7, 11) is 2.14. The Balaban J connectivity index is 2.01. The van der Waals surface area contributed by atoms with Gasteiger partial charge in [0.2, 0.25) is 0 Å². The third kappa shape index (κ3) is 2.74. The summed E-state index contributed by atoms with van der Waals surface area (Å²) < 4.78 is 0. The minimum atomic E-state index is 0.251. The summed E-state index contributed by atoms with van der Waals surface area (Å²) in [4.78, 5) is 8.85. The molecule has 1 aromatic carbocycles. The number of nitrogens with zero attached hydrogens (tertiary/aromatic N) is 4. The van der Waals surface area contributed by atoms with Crippen LogP contribution < -0.4 is 4.90 Å². The Morgan fingerprint density at radius 1 is 1.19 bits per heavy atom. The van der Waals surface area contributed by atoms with Crippen molar-refractivity contribution in [3.8, 4) is 6.07 Å². The Morgan fingerprint density at radius 3 is 2.76 bits per heavy atom. The lowest BCUT2D eigenvalue weighted by Crippen LogP contribution is -2.47. The predicted molar refractivity (Wildman–Crippen MR) is 83.0 cm³/mol. The van der Waals surface area contributed by atoms with E-state index in [-0.39, 0.29) is 6.04 Å². The van der Waals surface area contributed by atoms with Gasteiger partial charge >= 0.3 is 0 Å². The molecule has 0 saturated carbocycles. The number of pyridine rings is 1. The lowest BCUT2D eigenvalue weighted by Gasteiger charge is -2.42. The molecule has 3 rings (SSSR count). The van der Waals surface area contributed by atoms with Crippen molar-refractivity contribution in [1.82, 2.24) is 9.88 Å². The highest BCUT2D eigenvalue weighted by Crippen LogP contribution is 2.31. The number of nitriles is 1. The monoisotopic (exact) mass is 278 g/mol. The maximum absolute atomic E-state index is 9.34. The van der Waals surface area contributed by atoms with Crippen LogP contribution in [0.2, 0.25) is 0 Å². The van der Waals surface area contributed by atoms with E-state index in [1.807, 2.05) is 6.07 Å². The molecule has 2 heterocycles. The van der Waals surface area contributed by atoms with Crippen molar-refractivity contribution in [3.05, 3.63) is 59.9 Å². The van der Waals surface area contributed by atoms with Gasteiger partial charge in [0.15, 0.2) is 0 Å². The average Bonchev–Trinajstić information content (AvgIpc) is 2.55. The van der Waals surface area contributed by atoms with Crippen molar-refractivity contribution >= 4 is 5.69 Å². The second-order valence-electron chi connectivity index (χ2n) is 5.39. The maximum atomic E-state index is 9.34. The second-order valence-corrected chi connectivity index (χ2v) is 5.39. The molecule has 1 aliphatic rings. The molecule has 0 radical (unpaired) electrons. The van der Waals surface area contributed by atoms with Crippen LogP contribution in [0.25, 0.3) is 0 Å². The molecule has 1 atom stereocenters. The van der Waals surface area contributed by atoms with E-state index < -0.39 is 0 Å². The van der Waals surface area contributed by atoms with E-state index in [1.165, 1.54) is 5.56 Å². The molecular weight excluding hydrogens is 260 g/mol. The first-order chi connectivity index (χ1) is 10.3. The van der Waals surface area contributed by atoms with Crippen molar-refractivity contribution in [2.45, 2.75) is 6.04 Å². The zero-order chi connectivity index (χ0) is 14.7. The van der Waals surface area contributed by atoms with Gasteiger partial charge in [0, 0.05) is 25.8 Å². The zero-order valence-corrected chi connectivity index (χ0v) is 12.1. The third-order valence-electron chi connectivity index (χ3n) is 4.00. The molecule has 0 spiro atoms. The Kier molecular flexibility index (Phi) is 3.85. The van der Waals surface area contributed by atoms with Crippen LogP contribution in [0.1, 0.15) is 17.2 Å². The predicted octanol–water partition coefficient (Wildman–Crippen LogP) is 2.45. The number of aromatic nitrogens is 1. The van der Waals surface area contributed by atoms with Gasteiger partial charge in [-0.25, -0.2) is 0 Å². The van der Waals surface area contributed by atoms with E-state index in [0.717, 1.165) is 25.3 Å². The lowest BCUT2D eigenvalue weighted by molar-refractivity contribution is 0.269. The van der Waals surface area contributed by atoms with Crippen LogP contribution in [0.5, 0.6) is 0 Å². The summed E-state index contributed by atoms with van der Waals surface area (Å²) in [5, 5.41) is 9.34. The molecule has 1 aromatic heterocycles. The molecule has 1 aliphatic heterocycles. The number of anilines is 1. The Hall–Kier alpha value is -2.38. The minimum Gasteiger partial charge on any atom is -0.360 e. The average molecular weight is 278 g/mol. The number of benzene rings is 1. The van der Waals surface area contributed by atoms with Gasteiger partial charge in [0.05, 0.1) is 23.5 Å². The molecule has 0 bridgehead atoms. The first kappa shape index (κ1) is 13.6. The number of rotatable bonds is 2. The standard InChI is InChI=1S/C17H18N4/c1-20-9-10-21(16-12-19-8-7-15(16)11-18)17(13-20)14-5-3-2-4-6-14/h2-8,12,17H,9-10,13H2,1H3. The van der Waals surface area contributed by atoms with Crippen LogP contribution in [-0.4, -0.2) is 36.6 Å². The quantitative estimate of drug-likeness (QED) is 0.846. The van der Waals surface area contributed by atoms with E-state index in [2.05, 4.69) is 52.2 Å². The summed E-state index contributed by atoms with van der Waals surface area (Å²) >= 11 is 0. The zero-order valence-electron chi connectivity index (χ0n) is 12.1. The molecule has 4 heteroatoms. The second kappa shape index (κ2) is 5.94. The van der Waals surface area contributed by atoms with Crippen molar-refractivity contribution in [3.63, 3.8) is 0 Å². The first-order valence-corrected chi connectivity index (χ1v) is 7.14. The molecular formula is C17H18N4. The van der Waals surface area contributed by atoms with Gasteiger partial charge in [0.1, 0.15) is 6.07 Å². The van der Waals surface area contributed by atoms with Crippen LogP contribution >= 0.6 is 0 Å². The van der Waals surface area contributed by atoms with Crippen LogP contribution in [-0.2, 0) is 0 Å². The largest absolute Gasteiger partial charge is 0.360 e. The highest BCUT2D eigenvalue weighted by Gasteiger charge is 2.28. The Morgan fingerprint density at radius 2 is 2.00 bits per heavy atom. The molecule has 1 fully saturated rings. The maximum Gasteiger partial charge on any atom is 0.101 e. The molecule has 0 aliphatic carbocycles.